The van der Waals surface area contributed by atoms with E-state index in [0.717, 1.165) is 49.9 Å². The molecule has 0 radical (unpaired) electrons. The Bertz CT molecular complexity index is 943. The highest BCUT2D eigenvalue weighted by Gasteiger charge is 2.34. The summed E-state index contributed by atoms with van der Waals surface area (Å²) < 4.78 is 5.92. The minimum Gasteiger partial charge on any atom is -0.491 e. The maximum atomic E-state index is 6.16. The summed E-state index contributed by atoms with van der Waals surface area (Å²) in [5.41, 5.74) is 15.1. The summed E-state index contributed by atoms with van der Waals surface area (Å²) in [4.78, 5) is 17.5. The molecule has 2 atom stereocenters. The summed E-state index contributed by atoms with van der Waals surface area (Å²) in [7, 11) is 0. The Morgan fingerprint density at radius 1 is 1.28 bits per heavy atom. The van der Waals surface area contributed by atoms with Gasteiger partial charge in [0.2, 0.25) is 0 Å². The Kier molecular flexibility index (Phi) is 6.87. The number of aliphatic imine (C=N–C) groups is 1. The standard InChI is InChI=1S/C23H32N8O/c1-4-25-8-7-21(24)30-9-11-31(12-10-30)22-14-20(26-15-27-22)23-18-13-17(32-16(2)3)5-6-19(18)28-29-23/h4-5,7-8,13-16,19,23,28-29H,1,6,9-12,24H2,2-3H3/b21-7+,25-8-/t19-,23-/m1/s1. The van der Waals surface area contributed by atoms with Crippen molar-refractivity contribution in [2.24, 2.45) is 10.7 Å². The first kappa shape index (κ1) is 22.0. The molecule has 3 aliphatic rings. The molecule has 0 unspecified atom stereocenters. The van der Waals surface area contributed by atoms with Crippen molar-refractivity contribution in [3.05, 3.63) is 66.2 Å². The van der Waals surface area contributed by atoms with E-state index in [0.29, 0.717) is 5.82 Å². The van der Waals surface area contributed by atoms with Crippen LogP contribution >= 0.6 is 0 Å². The monoisotopic (exact) mass is 436 g/mol. The second kappa shape index (κ2) is 9.97. The van der Waals surface area contributed by atoms with Crippen LogP contribution in [0.4, 0.5) is 5.82 Å². The molecule has 2 fully saturated rings. The zero-order valence-corrected chi connectivity index (χ0v) is 18.7. The lowest BCUT2D eigenvalue weighted by Crippen LogP contribution is -2.47. The van der Waals surface area contributed by atoms with E-state index in [9.17, 15) is 0 Å². The Hall–Kier alpha value is -3.17. The number of hydrazine groups is 1. The van der Waals surface area contributed by atoms with Crippen molar-refractivity contribution in [2.45, 2.75) is 38.5 Å². The van der Waals surface area contributed by atoms with E-state index < -0.39 is 0 Å². The van der Waals surface area contributed by atoms with Crippen LogP contribution in [0.15, 0.2) is 65.5 Å². The first-order chi connectivity index (χ1) is 15.5. The number of nitrogens with one attached hydrogen (secondary N) is 2. The first-order valence-corrected chi connectivity index (χ1v) is 11.1. The highest BCUT2D eigenvalue weighted by atomic mass is 16.5. The molecule has 9 heteroatoms. The lowest BCUT2D eigenvalue weighted by molar-refractivity contribution is 0.155. The van der Waals surface area contributed by atoms with E-state index in [-0.39, 0.29) is 18.2 Å². The molecule has 0 amide bonds. The summed E-state index contributed by atoms with van der Waals surface area (Å²) in [5.74, 6) is 2.57. The molecule has 2 aliphatic heterocycles. The quantitative estimate of drug-likeness (QED) is 0.556. The molecule has 170 valence electrons. The Morgan fingerprint density at radius 3 is 2.84 bits per heavy atom. The van der Waals surface area contributed by atoms with Gasteiger partial charge in [-0.1, -0.05) is 6.58 Å². The van der Waals surface area contributed by atoms with Crippen molar-refractivity contribution in [2.75, 3.05) is 31.1 Å². The van der Waals surface area contributed by atoms with Crippen molar-refractivity contribution in [3.63, 3.8) is 0 Å². The van der Waals surface area contributed by atoms with E-state index in [1.54, 1.807) is 18.6 Å². The SMILES string of the molecule is C=C/N=C\C=C(/N)N1CCN(c2cc([C@@H]3NN[C@@H]4CC=C(OC(C)C)C=C34)ncn2)CC1. The number of aromatic nitrogens is 2. The maximum Gasteiger partial charge on any atom is 0.132 e. The number of rotatable bonds is 7. The van der Waals surface area contributed by atoms with Gasteiger partial charge in [-0.2, -0.15) is 0 Å². The van der Waals surface area contributed by atoms with Crippen molar-refractivity contribution in [1.29, 1.82) is 0 Å². The summed E-state index contributed by atoms with van der Waals surface area (Å²) >= 11 is 0. The van der Waals surface area contributed by atoms with E-state index >= 15 is 0 Å². The molecule has 1 aromatic heterocycles. The fourth-order valence-corrected chi connectivity index (χ4v) is 4.16. The van der Waals surface area contributed by atoms with Crippen LogP contribution in [-0.2, 0) is 4.74 Å². The van der Waals surface area contributed by atoms with Gasteiger partial charge in [0.15, 0.2) is 0 Å². The normalized spacial score (nSPS) is 23.9. The van der Waals surface area contributed by atoms with Gasteiger partial charge in [-0.15, -0.1) is 0 Å². The number of nitrogens with zero attached hydrogens (tertiary/aromatic N) is 5. The van der Waals surface area contributed by atoms with E-state index in [1.807, 2.05) is 13.8 Å². The predicted octanol–water partition coefficient (Wildman–Crippen LogP) is 1.77. The number of anilines is 1. The molecule has 1 aromatic rings. The molecule has 9 nitrogen and oxygen atoms in total. The third-order valence-corrected chi connectivity index (χ3v) is 5.75. The van der Waals surface area contributed by atoms with Gasteiger partial charge < -0.3 is 20.3 Å². The number of allylic oxidation sites excluding steroid dienone is 2. The van der Waals surface area contributed by atoms with Crippen LogP contribution in [0.2, 0.25) is 0 Å². The lowest BCUT2D eigenvalue weighted by atomic mass is 9.93. The van der Waals surface area contributed by atoms with E-state index in [2.05, 4.69) is 60.4 Å². The topological polar surface area (TPSA) is 104 Å². The van der Waals surface area contributed by atoms with Crippen LogP contribution in [-0.4, -0.2) is 59.4 Å². The Labute approximate surface area is 189 Å². The van der Waals surface area contributed by atoms with Gasteiger partial charge in [-0.05, 0) is 44.1 Å². The van der Waals surface area contributed by atoms with Crippen molar-refractivity contribution in [3.8, 4) is 0 Å². The Balaban J connectivity index is 1.44. The van der Waals surface area contributed by atoms with Gasteiger partial charge in [0.1, 0.15) is 23.7 Å². The molecule has 0 bridgehead atoms. The number of hydrogen-bond donors (Lipinski definition) is 3. The minimum atomic E-state index is -0.00905. The highest BCUT2D eigenvalue weighted by molar-refractivity contribution is 5.72. The van der Waals surface area contributed by atoms with Crippen molar-refractivity contribution >= 4 is 12.0 Å². The molecule has 1 aliphatic carbocycles. The minimum absolute atomic E-state index is 0.00905. The van der Waals surface area contributed by atoms with Crippen LogP contribution < -0.4 is 21.5 Å². The van der Waals surface area contributed by atoms with Crippen LogP contribution in [0.3, 0.4) is 0 Å². The molecule has 0 spiro atoms. The summed E-state index contributed by atoms with van der Waals surface area (Å²) in [6, 6.07) is 2.32. The number of piperazine rings is 1. The average molecular weight is 437 g/mol. The lowest BCUT2D eigenvalue weighted by Gasteiger charge is -2.36. The second-order valence-electron chi connectivity index (χ2n) is 8.27. The van der Waals surface area contributed by atoms with Crippen molar-refractivity contribution in [1.82, 2.24) is 25.7 Å². The third-order valence-electron chi connectivity index (χ3n) is 5.75. The smallest absolute Gasteiger partial charge is 0.132 e. The zero-order valence-electron chi connectivity index (χ0n) is 18.7. The number of nitrogens with two attached hydrogens (primary N) is 1. The molecule has 4 rings (SSSR count). The first-order valence-electron chi connectivity index (χ1n) is 11.1. The zero-order chi connectivity index (χ0) is 22.5. The average Bonchev–Trinajstić information content (AvgIpc) is 3.22. The van der Waals surface area contributed by atoms with Gasteiger partial charge in [0, 0.05) is 50.7 Å². The van der Waals surface area contributed by atoms with Crippen LogP contribution in [0, 0.1) is 0 Å². The number of ether oxygens (including phenoxy) is 1. The molecule has 2 saturated heterocycles. The largest absolute Gasteiger partial charge is 0.491 e. The molecule has 0 aromatic carbocycles. The van der Waals surface area contributed by atoms with Gasteiger partial charge in [-0.25, -0.2) is 20.8 Å². The van der Waals surface area contributed by atoms with Crippen molar-refractivity contribution < 1.29 is 4.74 Å². The van der Waals surface area contributed by atoms with Crippen LogP contribution in [0.1, 0.15) is 32.0 Å². The molecule has 3 heterocycles. The summed E-state index contributed by atoms with van der Waals surface area (Å²) in [5, 5.41) is 0. The third kappa shape index (κ3) is 5.00. The summed E-state index contributed by atoms with van der Waals surface area (Å²) in [6.45, 7) is 11.0. The van der Waals surface area contributed by atoms with E-state index in [1.165, 1.54) is 11.8 Å². The Morgan fingerprint density at radius 2 is 2.09 bits per heavy atom. The highest BCUT2D eigenvalue weighted by Crippen LogP contribution is 2.34. The van der Waals surface area contributed by atoms with Gasteiger partial charge >= 0.3 is 0 Å². The van der Waals surface area contributed by atoms with Gasteiger partial charge in [0.05, 0.1) is 17.8 Å². The molecular formula is C23H32N8O. The molecule has 4 N–H and O–H groups in total. The number of fused-ring (bicyclic) bond motifs is 1. The fourth-order valence-electron chi connectivity index (χ4n) is 4.16. The molecular weight excluding hydrogens is 404 g/mol. The molecule has 0 saturated carbocycles. The predicted molar refractivity (Wildman–Crippen MR) is 127 cm³/mol. The summed E-state index contributed by atoms with van der Waals surface area (Å²) in [6.07, 6.45) is 11.9. The van der Waals surface area contributed by atoms with Crippen LogP contribution in [0.5, 0.6) is 0 Å². The number of hydrogen-bond acceptors (Lipinski definition) is 9. The van der Waals surface area contributed by atoms with Gasteiger partial charge in [0.25, 0.3) is 0 Å². The van der Waals surface area contributed by atoms with E-state index in [4.69, 9.17) is 10.5 Å². The fraction of sp³-hybridized carbons (Fsp3) is 0.435. The second-order valence-corrected chi connectivity index (χ2v) is 8.27. The molecule has 32 heavy (non-hydrogen) atoms. The van der Waals surface area contributed by atoms with Crippen LogP contribution in [0.25, 0.3) is 0 Å². The maximum absolute atomic E-state index is 6.16. The van der Waals surface area contributed by atoms with Gasteiger partial charge in [-0.3, -0.25) is 4.99 Å².